The molecule has 1 N–H and O–H groups in total. The molecule has 0 atom stereocenters. The molecule has 20 heavy (non-hydrogen) atoms. The van der Waals surface area contributed by atoms with Crippen LogP contribution in [0, 0.1) is 0 Å². The van der Waals surface area contributed by atoms with Crippen molar-refractivity contribution in [2.45, 2.75) is 0 Å². The van der Waals surface area contributed by atoms with Crippen molar-refractivity contribution in [3.8, 4) is 11.3 Å². The van der Waals surface area contributed by atoms with Crippen LogP contribution in [0.25, 0.3) is 17.4 Å². The highest BCUT2D eigenvalue weighted by Gasteiger charge is 2.02. The van der Waals surface area contributed by atoms with Crippen molar-refractivity contribution in [2.75, 3.05) is 26.8 Å². The van der Waals surface area contributed by atoms with Crippen molar-refractivity contribution in [3.05, 3.63) is 53.3 Å². The Labute approximate surface area is 124 Å². The summed E-state index contributed by atoms with van der Waals surface area (Å²) in [7, 11) is 1.69. The molecular weight excluding hydrogens is 274 g/mol. The van der Waals surface area contributed by atoms with Crippen molar-refractivity contribution < 1.29 is 9.15 Å². The Morgan fingerprint density at radius 2 is 2.00 bits per heavy atom. The van der Waals surface area contributed by atoms with E-state index in [1.54, 1.807) is 7.11 Å². The molecule has 0 aliphatic heterocycles. The molecule has 2 rings (SSSR count). The van der Waals surface area contributed by atoms with Crippen LogP contribution in [-0.2, 0) is 4.74 Å². The van der Waals surface area contributed by atoms with E-state index in [-0.39, 0.29) is 0 Å². The van der Waals surface area contributed by atoms with Crippen LogP contribution in [0.2, 0.25) is 5.02 Å². The Hall–Kier alpha value is -1.55. The van der Waals surface area contributed by atoms with E-state index in [9.17, 15) is 0 Å². The number of hydrogen-bond donors (Lipinski definition) is 1. The molecule has 106 valence electrons. The van der Waals surface area contributed by atoms with Crippen LogP contribution in [0.15, 0.2) is 46.9 Å². The first-order valence-corrected chi connectivity index (χ1v) is 6.89. The number of furan rings is 1. The summed E-state index contributed by atoms with van der Waals surface area (Å²) < 4.78 is 10.7. The standard InChI is InChI=1S/C16H18ClNO2/c1-19-12-11-18-10-2-3-15-8-9-16(20-15)13-4-6-14(17)7-5-13/h2-9,18H,10-12H2,1H3. The van der Waals surface area contributed by atoms with Crippen molar-refractivity contribution >= 4 is 17.7 Å². The average molecular weight is 292 g/mol. The number of benzene rings is 1. The van der Waals surface area contributed by atoms with Gasteiger partial charge in [0.1, 0.15) is 11.5 Å². The minimum absolute atomic E-state index is 0.718. The molecule has 0 bridgehead atoms. The second-order valence-electron chi connectivity index (χ2n) is 4.31. The van der Waals surface area contributed by atoms with E-state index in [0.29, 0.717) is 0 Å². The van der Waals surface area contributed by atoms with Gasteiger partial charge < -0.3 is 14.5 Å². The van der Waals surface area contributed by atoms with Crippen molar-refractivity contribution in [1.29, 1.82) is 0 Å². The van der Waals surface area contributed by atoms with Crippen LogP contribution in [0.1, 0.15) is 5.76 Å². The molecule has 0 radical (unpaired) electrons. The third kappa shape index (κ3) is 4.53. The zero-order valence-corrected chi connectivity index (χ0v) is 12.2. The van der Waals surface area contributed by atoms with Crippen LogP contribution >= 0.6 is 11.6 Å². The predicted molar refractivity (Wildman–Crippen MR) is 82.9 cm³/mol. The Morgan fingerprint density at radius 3 is 2.75 bits per heavy atom. The average Bonchev–Trinajstić information content (AvgIpc) is 2.92. The Kier molecular flexibility index (Phi) is 5.87. The molecule has 2 aromatic rings. The van der Waals surface area contributed by atoms with E-state index in [0.717, 1.165) is 41.8 Å². The zero-order chi connectivity index (χ0) is 14.2. The van der Waals surface area contributed by atoms with E-state index < -0.39 is 0 Å². The predicted octanol–water partition coefficient (Wildman–Crippen LogP) is 3.85. The fourth-order valence-corrected chi connectivity index (χ4v) is 1.87. The lowest BCUT2D eigenvalue weighted by Gasteiger charge is -1.98. The second kappa shape index (κ2) is 7.90. The first-order chi connectivity index (χ1) is 9.79. The largest absolute Gasteiger partial charge is 0.457 e. The molecule has 1 aromatic heterocycles. The normalized spacial score (nSPS) is 11.3. The van der Waals surface area contributed by atoms with Crippen molar-refractivity contribution in [3.63, 3.8) is 0 Å². The lowest BCUT2D eigenvalue weighted by Crippen LogP contribution is -2.18. The highest BCUT2D eigenvalue weighted by atomic mass is 35.5. The number of ether oxygens (including phenoxy) is 1. The summed E-state index contributed by atoms with van der Waals surface area (Å²) in [6.45, 7) is 2.35. The van der Waals surface area contributed by atoms with E-state index >= 15 is 0 Å². The maximum Gasteiger partial charge on any atom is 0.134 e. The highest BCUT2D eigenvalue weighted by Crippen LogP contribution is 2.24. The van der Waals surface area contributed by atoms with Crippen molar-refractivity contribution in [1.82, 2.24) is 5.32 Å². The van der Waals surface area contributed by atoms with Gasteiger partial charge in [0.05, 0.1) is 6.61 Å². The fraction of sp³-hybridized carbons (Fsp3) is 0.250. The maximum absolute atomic E-state index is 5.87. The molecule has 1 aromatic carbocycles. The van der Waals surface area contributed by atoms with Crippen molar-refractivity contribution in [2.24, 2.45) is 0 Å². The van der Waals surface area contributed by atoms with E-state index in [4.69, 9.17) is 20.8 Å². The lowest BCUT2D eigenvalue weighted by atomic mass is 10.2. The van der Waals surface area contributed by atoms with Gasteiger partial charge >= 0.3 is 0 Å². The van der Waals surface area contributed by atoms with E-state index in [2.05, 4.69) is 5.32 Å². The topological polar surface area (TPSA) is 34.4 Å². The number of rotatable bonds is 7. The summed E-state index contributed by atoms with van der Waals surface area (Å²) in [6.07, 6.45) is 3.99. The van der Waals surface area contributed by atoms with Gasteiger partial charge in [-0.3, -0.25) is 0 Å². The minimum Gasteiger partial charge on any atom is -0.457 e. The number of nitrogens with one attached hydrogen (secondary N) is 1. The fourth-order valence-electron chi connectivity index (χ4n) is 1.75. The summed E-state index contributed by atoms with van der Waals surface area (Å²) in [5.41, 5.74) is 1.02. The molecule has 0 amide bonds. The first-order valence-electron chi connectivity index (χ1n) is 6.51. The molecule has 0 saturated carbocycles. The second-order valence-corrected chi connectivity index (χ2v) is 4.74. The number of halogens is 1. The van der Waals surface area contributed by atoms with Gasteiger partial charge in [-0.25, -0.2) is 0 Å². The van der Waals surface area contributed by atoms with Gasteiger partial charge in [0.25, 0.3) is 0 Å². The molecule has 4 heteroatoms. The summed E-state index contributed by atoms with van der Waals surface area (Å²) in [4.78, 5) is 0. The monoisotopic (exact) mass is 291 g/mol. The van der Waals surface area contributed by atoms with Gasteiger partial charge in [0.15, 0.2) is 0 Å². The van der Waals surface area contributed by atoms with E-state index in [1.165, 1.54) is 0 Å². The van der Waals surface area contributed by atoms with Gasteiger partial charge in [-0.15, -0.1) is 0 Å². The first kappa shape index (κ1) is 14.9. The summed E-state index contributed by atoms with van der Waals surface area (Å²) in [6, 6.07) is 11.5. The molecule has 0 unspecified atom stereocenters. The third-order valence-electron chi connectivity index (χ3n) is 2.78. The number of methoxy groups -OCH3 is 1. The SMILES string of the molecule is COCCNCC=Cc1ccc(-c2ccc(Cl)cc2)o1. The minimum atomic E-state index is 0.718. The van der Waals surface area contributed by atoms with Gasteiger partial charge in [-0.1, -0.05) is 17.7 Å². The van der Waals surface area contributed by atoms with Crippen LogP contribution in [0.3, 0.4) is 0 Å². The molecule has 3 nitrogen and oxygen atoms in total. The molecule has 0 saturated heterocycles. The molecule has 1 heterocycles. The Bertz CT molecular complexity index is 546. The van der Waals surface area contributed by atoms with E-state index in [1.807, 2.05) is 48.6 Å². The zero-order valence-electron chi connectivity index (χ0n) is 11.4. The van der Waals surface area contributed by atoms with Gasteiger partial charge in [-0.2, -0.15) is 0 Å². The lowest BCUT2D eigenvalue weighted by molar-refractivity contribution is 0.200. The molecule has 0 aliphatic rings. The summed E-state index contributed by atoms with van der Waals surface area (Å²) >= 11 is 5.87. The van der Waals surface area contributed by atoms with Crippen LogP contribution in [0.5, 0.6) is 0 Å². The maximum atomic E-state index is 5.87. The van der Waals surface area contributed by atoms with Gasteiger partial charge in [-0.05, 0) is 42.5 Å². The van der Waals surface area contributed by atoms with Crippen LogP contribution in [-0.4, -0.2) is 26.8 Å². The Morgan fingerprint density at radius 1 is 1.20 bits per heavy atom. The van der Waals surface area contributed by atoms with Gasteiger partial charge in [0.2, 0.25) is 0 Å². The summed E-state index contributed by atoms with van der Waals surface area (Å²) in [5.74, 6) is 1.68. The van der Waals surface area contributed by atoms with Crippen LogP contribution in [0.4, 0.5) is 0 Å². The summed E-state index contributed by atoms with van der Waals surface area (Å²) in [5, 5.41) is 3.96. The van der Waals surface area contributed by atoms with Crippen LogP contribution < -0.4 is 5.32 Å². The quantitative estimate of drug-likeness (QED) is 0.787. The smallest absolute Gasteiger partial charge is 0.134 e. The van der Waals surface area contributed by atoms with Gasteiger partial charge in [0, 0.05) is 30.8 Å². The Balaban J connectivity index is 1.89. The molecule has 0 fully saturated rings. The number of hydrogen-bond acceptors (Lipinski definition) is 3. The molecule has 0 aliphatic carbocycles. The molecule has 0 spiro atoms. The third-order valence-corrected chi connectivity index (χ3v) is 3.03. The molecular formula is C16H18ClNO2. The highest BCUT2D eigenvalue weighted by molar-refractivity contribution is 6.30.